The number of pyridine rings is 1. The Hall–Kier alpha value is -3.10. The highest BCUT2D eigenvalue weighted by atomic mass is 35.5. The summed E-state index contributed by atoms with van der Waals surface area (Å²) in [4.78, 5) is 29.8. The number of likely N-dealkylation sites (tertiary alicyclic amines) is 1. The molecule has 0 unspecified atom stereocenters. The number of aromatic nitrogens is 1. The summed E-state index contributed by atoms with van der Waals surface area (Å²) in [6.45, 7) is 5.35. The Kier molecular flexibility index (Phi) is 10.2. The van der Waals surface area contributed by atoms with E-state index in [1.165, 1.54) is 37.6 Å². The van der Waals surface area contributed by atoms with Crippen molar-refractivity contribution in [3.63, 3.8) is 0 Å². The predicted molar refractivity (Wildman–Crippen MR) is 143 cm³/mol. The number of piperidine rings is 2. The first kappa shape index (κ1) is 31.4. The van der Waals surface area contributed by atoms with Gasteiger partial charge in [-0.05, 0) is 69.5 Å². The molecule has 220 valence electrons. The van der Waals surface area contributed by atoms with Gasteiger partial charge in [-0.1, -0.05) is 24.1 Å². The number of aromatic carboxylic acids is 1. The zero-order chi connectivity index (χ0) is 29.7. The van der Waals surface area contributed by atoms with Crippen LogP contribution >= 0.6 is 11.6 Å². The Bertz CT molecular complexity index is 1330. The van der Waals surface area contributed by atoms with E-state index in [1.54, 1.807) is 19.1 Å². The molecule has 1 aromatic carbocycles. The summed E-state index contributed by atoms with van der Waals surface area (Å²) in [6, 6.07) is 6.49. The van der Waals surface area contributed by atoms with Crippen LogP contribution in [-0.4, -0.2) is 78.9 Å². The fourth-order valence-corrected chi connectivity index (χ4v) is 6.27. The van der Waals surface area contributed by atoms with Gasteiger partial charge in [-0.2, -0.15) is 13.2 Å². The average Bonchev–Trinajstić information content (AvgIpc) is 2.90. The maximum Gasteiger partial charge on any atom is 0.490 e. The summed E-state index contributed by atoms with van der Waals surface area (Å²) in [7, 11) is -3.95. The maximum atomic E-state index is 12.9. The Balaban J connectivity index is 0.000000559. The van der Waals surface area contributed by atoms with E-state index >= 15 is 0 Å². The van der Waals surface area contributed by atoms with Gasteiger partial charge >= 0.3 is 18.1 Å². The van der Waals surface area contributed by atoms with Gasteiger partial charge in [-0.25, -0.2) is 23.0 Å². The van der Waals surface area contributed by atoms with E-state index in [0.717, 1.165) is 39.0 Å². The monoisotopic (exact) mass is 606 g/mol. The lowest BCUT2D eigenvalue weighted by atomic mass is 9.99. The summed E-state index contributed by atoms with van der Waals surface area (Å²) >= 11 is 6.07. The number of sulfonamides is 1. The topological polar surface area (TPSA) is 140 Å². The number of rotatable bonds is 6. The van der Waals surface area contributed by atoms with Crippen molar-refractivity contribution < 1.29 is 41.4 Å². The molecule has 0 spiro atoms. The Labute approximate surface area is 234 Å². The summed E-state index contributed by atoms with van der Waals surface area (Å²) < 4.78 is 59.9. The summed E-state index contributed by atoms with van der Waals surface area (Å²) in [5.41, 5.74) is 0.499. The van der Waals surface area contributed by atoms with E-state index in [1.807, 2.05) is 4.90 Å². The number of nitrogens with one attached hydrogen (secondary N) is 1. The number of benzene rings is 1. The SMILES string of the molecule is Cc1c(Cl)cccc1S(=O)(=O)Nc1cnc(N2CCC(N3CCCCC3)CC2)c(C(=O)O)c1.O=C(O)C(F)(F)F. The summed E-state index contributed by atoms with van der Waals surface area (Å²) in [5, 5.41) is 17.3. The molecular weight excluding hydrogens is 577 g/mol. The van der Waals surface area contributed by atoms with E-state index in [4.69, 9.17) is 21.5 Å². The van der Waals surface area contributed by atoms with Crippen LogP contribution in [0.25, 0.3) is 0 Å². The van der Waals surface area contributed by atoms with Crippen LogP contribution in [0.4, 0.5) is 24.7 Å². The second-order valence-electron chi connectivity index (χ2n) is 9.49. The highest BCUT2D eigenvalue weighted by molar-refractivity contribution is 7.92. The maximum absolute atomic E-state index is 12.9. The molecule has 3 heterocycles. The van der Waals surface area contributed by atoms with Gasteiger partial charge in [0, 0.05) is 24.2 Å². The first-order valence-corrected chi connectivity index (χ1v) is 14.4. The molecule has 1 aromatic heterocycles. The highest BCUT2D eigenvalue weighted by Crippen LogP contribution is 2.29. The predicted octanol–water partition coefficient (Wildman–Crippen LogP) is 4.63. The van der Waals surface area contributed by atoms with E-state index in [2.05, 4.69) is 14.6 Å². The molecule has 0 aliphatic carbocycles. The fourth-order valence-electron chi connectivity index (χ4n) is 4.74. The lowest BCUT2D eigenvalue weighted by Gasteiger charge is -2.40. The molecule has 2 aliphatic rings. The molecule has 0 saturated carbocycles. The van der Waals surface area contributed by atoms with Crippen molar-refractivity contribution in [1.29, 1.82) is 0 Å². The summed E-state index contributed by atoms with van der Waals surface area (Å²) in [5.74, 6) is -3.52. The Morgan fingerprint density at radius 2 is 1.68 bits per heavy atom. The number of halogens is 4. The third-order valence-electron chi connectivity index (χ3n) is 6.77. The van der Waals surface area contributed by atoms with Crippen LogP contribution in [0.5, 0.6) is 0 Å². The standard InChI is InChI=1S/C23H29ClN4O4S.C2HF3O2/c1-16-20(24)6-5-7-21(16)33(31,32)26-17-14-19(23(29)30)22(25-15-17)28-12-8-18(9-13-28)27-10-3-2-4-11-27;3-2(4,5)1(6)7/h5-7,14-15,18,26H,2-4,8-13H2,1H3,(H,29,30);(H,6,7). The molecule has 10 nitrogen and oxygen atoms in total. The minimum atomic E-state index is -5.08. The number of nitrogens with zero attached hydrogens (tertiary/aromatic N) is 3. The van der Waals surface area contributed by atoms with Crippen molar-refractivity contribution in [1.82, 2.24) is 9.88 Å². The molecule has 4 rings (SSSR count). The zero-order valence-corrected chi connectivity index (χ0v) is 23.2. The van der Waals surface area contributed by atoms with Crippen LogP contribution in [-0.2, 0) is 14.8 Å². The van der Waals surface area contributed by atoms with Crippen molar-refractivity contribution in [2.45, 2.75) is 56.1 Å². The molecule has 15 heteroatoms. The van der Waals surface area contributed by atoms with Crippen LogP contribution in [0.1, 0.15) is 48.0 Å². The van der Waals surface area contributed by atoms with Crippen molar-refractivity contribution >= 4 is 45.1 Å². The first-order valence-electron chi connectivity index (χ1n) is 12.5. The number of anilines is 2. The normalized spacial score (nSPS) is 17.1. The molecule has 2 aliphatic heterocycles. The molecule has 40 heavy (non-hydrogen) atoms. The van der Waals surface area contributed by atoms with Crippen LogP contribution in [0.3, 0.4) is 0 Å². The van der Waals surface area contributed by atoms with Gasteiger partial charge < -0.3 is 20.0 Å². The van der Waals surface area contributed by atoms with Gasteiger partial charge in [0.05, 0.1) is 16.8 Å². The lowest BCUT2D eigenvalue weighted by molar-refractivity contribution is -0.192. The number of carboxylic acid groups (broad SMARTS) is 2. The molecule has 2 fully saturated rings. The molecule has 0 bridgehead atoms. The van der Waals surface area contributed by atoms with Gasteiger partial charge in [-0.3, -0.25) is 4.72 Å². The Morgan fingerprint density at radius 3 is 2.23 bits per heavy atom. The van der Waals surface area contributed by atoms with E-state index in [-0.39, 0.29) is 16.1 Å². The average molecular weight is 607 g/mol. The minimum Gasteiger partial charge on any atom is -0.478 e. The van der Waals surface area contributed by atoms with Crippen LogP contribution < -0.4 is 9.62 Å². The number of alkyl halides is 3. The third kappa shape index (κ3) is 7.98. The smallest absolute Gasteiger partial charge is 0.478 e. The molecule has 2 aromatic rings. The fraction of sp³-hybridized carbons (Fsp3) is 0.480. The number of aliphatic carboxylic acids is 1. The Morgan fingerprint density at radius 1 is 1.07 bits per heavy atom. The van der Waals surface area contributed by atoms with Crippen molar-refractivity contribution in [3.05, 3.63) is 46.6 Å². The quantitative estimate of drug-likeness (QED) is 0.429. The molecule has 0 atom stereocenters. The number of hydrogen-bond donors (Lipinski definition) is 3. The van der Waals surface area contributed by atoms with Crippen LogP contribution in [0.15, 0.2) is 35.4 Å². The van der Waals surface area contributed by atoms with Gasteiger partial charge in [0.25, 0.3) is 10.0 Å². The zero-order valence-electron chi connectivity index (χ0n) is 21.6. The van der Waals surface area contributed by atoms with Gasteiger partial charge in [0.1, 0.15) is 11.4 Å². The third-order valence-corrected chi connectivity index (χ3v) is 8.71. The molecule has 0 amide bonds. The molecule has 2 saturated heterocycles. The number of hydrogen-bond acceptors (Lipinski definition) is 7. The lowest BCUT2D eigenvalue weighted by Crippen LogP contribution is -2.47. The first-order chi connectivity index (χ1) is 18.7. The number of carboxylic acids is 2. The molecular formula is C25H30ClF3N4O6S. The van der Waals surface area contributed by atoms with Gasteiger partial charge in [-0.15, -0.1) is 0 Å². The van der Waals surface area contributed by atoms with Crippen molar-refractivity contribution in [3.8, 4) is 0 Å². The molecule has 0 radical (unpaired) electrons. The second-order valence-corrected chi connectivity index (χ2v) is 11.5. The molecule has 3 N–H and O–H groups in total. The van der Waals surface area contributed by atoms with Crippen molar-refractivity contribution in [2.75, 3.05) is 35.8 Å². The highest BCUT2D eigenvalue weighted by Gasteiger charge is 2.38. The van der Waals surface area contributed by atoms with Gasteiger partial charge in [0.2, 0.25) is 0 Å². The van der Waals surface area contributed by atoms with Crippen LogP contribution in [0, 0.1) is 6.92 Å². The second kappa shape index (κ2) is 13.0. The van der Waals surface area contributed by atoms with E-state index in [9.17, 15) is 31.5 Å². The van der Waals surface area contributed by atoms with Crippen molar-refractivity contribution in [2.24, 2.45) is 0 Å². The largest absolute Gasteiger partial charge is 0.490 e. The summed E-state index contributed by atoms with van der Waals surface area (Å²) in [6.07, 6.45) is 2.00. The minimum absolute atomic E-state index is 0.0190. The van der Waals surface area contributed by atoms with E-state index in [0.29, 0.717) is 22.4 Å². The van der Waals surface area contributed by atoms with Crippen LogP contribution in [0.2, 0.25) is 5.02 Å². The van der Waals surface area contributed by atoms with E-state index < -0.39 is 28.1 Å². The van der Waals surface area contributed by atoms with Gasteiger partial charge in [0.15, 0.2) is 0 Å². The number of carbonyl (C=O) groups is 2.